The molecular weight excluding hydrogens is 326 g/mol. The van der Waals surface area contributed by atoms with E-state index in [9.17, 15) is 14.5 Å². The van der Waals surface area contributed by atoms with Crippen LogP contribution < -0.4 is 0 Å². The largest absolute Gasteiger partial charge is 0.383 e. The van der Waals surface area contributed by atoms with Crippen LogP contribution in [0.5, 0.6) is 0 Å². The second-order valence-electron chi connectivity index (χ2n) is 3.36. The molecule has 0 saturated carbocycles. The lowest BCUT2D eigenvalue weighted by molar-refractivity contribution is -0.385. The van der Waals surface area contributed by atoms with E-state index in [1.54, 1.807) is 47.8 Å². The maximum absolute atomic E-state index is 13.3. The zero-order valence-corrected chi connectivity index (χ0v) is 10.9. The summed E-state index contributed by atoms with van der Waals surface area (Å²) in [4.78, 5) is 12.0. The van der Waals surface area contributed by atoms with Gasteiger partial charge in [-0.05, 0) is 40.9 Å². The lowest BCUT2D eigenvalue weighted by atomic mass is 10.1. The molecule has 0 N–H and O–H groups in total. The summed E-state index contributed by atoms with van der Waals surface area (Å²) < 4.78 is 13.5. The van der Waals surface area contributed by atoms with Gasteiger partial charge in [0.15, 0.2) is 0 Å². The second-order valence-corrected chi connectivity index (χ2v) is 4.52. The number of nitro benzene ring substituents is 1. The highest BCUT2D eigenvalue weighted by molar-refractivity contribution is 14.1. The number of rotatable bonds is 3. The fraction of sp³-hybridized carbons (Fsp3) is 0.200. The molecule has 0 fully saturated rings. The molecule has 0 aliphatic heterocycles. The van der Waals surface area contributed by atoms with Gasteiger partial charge in [-0.1, -0.05) is 0 Å². The molecule has 6 heteroatoms. The quantitative estimate of drug-likeness (QED) is 0.484. The van der Waals surface area contributed by atoms with Gasteiger partial charge in [0.1, 0.15) is 5.82 Å². The van der Waals surface area contributed by atoms with Crippen molar-refractivity contribution in [1.29, 1.82) is 0 Å². The van der Waals surface area contributed by atoms with E-state index in [0.29, 0.717) is 0 Å². The monoisotopic (exact) mass is 336 g/mol. The minimum atomic E-state index is -0.517. The molecule has 0 aliphatic rings. The molecule has 0 heterocycles. The van der Waals surface area contributed by atoms with E-state index in [1.165, 1.54) is 18.2 Å². The van der Waals surface area contributed by atoms with Crippen molar-refractivity contribution < 1.29 is 9.31 Å². The zero-order valence-electron chi connectivity index (χ0n) is 8.78. The van der Waals surface area contributed by atoms with Crippen molar-refractivity contribution >= 4 is 34.4 Å². The molecule has 0 aromatic heterocycles. The highest BCUT2D eigenvalue weighted by Crippen LogP contribution is 2.25. The van der Waals surface area contributed by atoms with E-state index >= 15 is 0 Å². The molecule has 0 atom stereocenters. The van der Waals surface area contributed by atoms with Crippen LogP contribution in [0.1, 0.15) is 5.56 Å². The van der Waals surface area contributed by atoms with Crippen molar-refractivity contribution in [3.8, 4) is 0 Å². The Kier molecular flexibility index (Phi) is 4.22. The fourth-order valence-electron chi connectivity index (χ4n) is 1.07. The molecule has 86 valence electrons. The van der Waals surface area contributed by atoms with Crippen LogP contribution in [0.3, 0.4) is 0 Å². The van der Waals surface area contributed by atoms with Crippen molar-refractivity contribution in [3.63, 3.8) is 0 Å². The van der Waals surface area contributed by atoms with Crippen molar-refractivity contribution in [1.82, 2.24) is 4.90 Å². The Bertz CT molecular complexity index is 447. The summed E-state index contributed by atoms with van der Waals surface area (Å²) >= 11 is 1.73. The van der Waals surface area contributed by atoms with E-state index in [2.05, 4.69) is 0 Å². The van der Waals surface area contributed by atoms with Gasteiger partial charge in [0.2, 0.25) is 0 Å². The lowest BCUT2D eigenvalue weighted by Crippen LogP contribution is -2.01. The molecule has 0 saturated heterocycles. The summed E-state index contributed by atoms with van der Waals surface area (Å²) in [6.07, 6.45) is 3.14. The van der Waals surface area contributed by atoms with E-state index < -0.39 is 10.7 Å². The minimum absolute atomic E-state index is 0.0936. The first-order valence-corrected chi connectivity index (χ1v) is 5.47. The van der Waals surface area contributed by atoms with E-state index in [4.69, 9.17) is 0 Å². The van der Waals surface area contributed by atoms with Crippen LogP contribution in [0.4, 0.5) is 10.1 Å². The maximum atomic E-state index is 13.3. The van der Waals surface area contributed by atoms with Gasteiger partial charge >= 0.3 is 0 Å². The summed E-state index contributed by atoms with van der Waals surface area (Å²) in [5.74, 6) is -0.454. The van der Waals surface area contributed by atoms with E-state index in [0.717, 1.165) is 0 Å². The molecule has 4 nitrogen and oxygen atoms in total. The average molecular weight is 336 g/mol. The van der Waals surface area contributed by atoms with Crippen molar-refractivity contribution in [2.24, 2.45) is 0 Å². The number of hydrogen-bond acceptors (Lipinski definition) is 3. The van der Waals surface area contributed by atoms with Crippen molar-refractivity contribution in [2.45, 2.75) is 0 Å². The number of halogens is 2. The first kappa shape index (κ1) is 12.9. The fourth-order valence-corrected chi connectivity index (χ4v) is 1.52. The second kappa shape index (κ2) is 5.24. The van der Waals surface area contributed by atoms with Crippen LogP contribution in [0.25, 0.3) is 6.08 Å². The molecule has 0 radical (unpaired) electrons. The third kappa shape index (κ3) is 3.16. The minimum Gasteiger partial charge on any atom is -0.383 e. The van der Waals surface area contributed by atoms with Crippen LogP contribution in [-0.2, 0) is 0 Å². The molecule has 0 bridgehead atoms. The normalized spacial score (nSPS) is 10.8. The lowest BCUT2D eigenvalue weighted by Gasteiger charge is -2.04. The van der Waals surface area contributed by atoms with Gasteiger partial charge < -0.3 is 4.90 Å². The van der Waals surface area contributed by atoms with Gasteiger partial charge in [-0.15, -0.1) is 0 Å². The van der Waals surface area contributed by atoms with Crippen molar-refractivity contribution in [3.05, 3.63) is 43.4 Å². The smallest absolute Gasteiger partial charge is 0.277 e. The maximum Gasteiger partial charge on any atom is 0.277 e. The number of nitro groups is 1. The van der Waals surface area contributed by atoms with Gasteiger partial charge in [-0.25, -0.2) is 4.39 Å². The van der Waals surface area contributed by atoms with Crippen molar-refractivity contribution in [2.75, 3.05) is 14.1 Å². The Morgan fingerprint density at radius 2 is 2.12 bits per heavy atom. The van der Waals surface area contributed by atoms with Gasteiger partial charge in [-0.2, -0.15) is 0 Å². The molecule has 0 spiro atoms. The Balaban J connectivity index is 3.25. The predicted octanol–water partition coefficient (Wildman–Crippen LogP) is 2.87. The first-order valence-electron chi connectivity index (χ1n) is 4.40. The summed E-state index contributed by atoms with van der Waals surface area (Å²) in [5.41, 5.74) is 0.167. The van der Waals surface area contributed by atoms with Crippen LogP contribution in [0.2, 0.25) is 0 Å². The molecule has 0 unspecified atom stereocenters. The van der Waals surface area contributed by atoms with Gasteiger partial charge in [0.05, 0.1) is 14.1 Å². The Morgan fingerprint density at radius 1 is 1.50 bits per heavy atom. The molecular formula is C10H10FIN2O2. The van der Waals surface area contributed by atoms with Gasteiger partial charge in [0.25, 0.3) is 5.69 Å². The molecule has 0 aliphatic carbocycles. The van der Waals surface area contributed by atoms with Gasteiger partial charge in [-0.3, -0.25) is 10.1 Å². The zero-order chi connectivity index (χ0) is 12.3. The number of nitrogens with zero attached hydrogens (tertiary/aromatic N) is 2. The first-order chi connectivity index (χ1) is 7.41. The topological polar surface area (TPSA) is 46.4 Å². The molecule has 1 aromatic carbocycles. The SMILES string of the molecule is CN(C)/C=C/c1cc(F)c(I)cc1[N+](=O)[O-]. The Hall–Kier alpha value is -1.18. The van der Waals surface area contributed by atoms with Crippen LogP contribution >= 0.6 is 22.6 Å². The Morgan fingerprint density at radius 3 is 2.62 bits per heavy atom. The predicted molar refractivity (Wildman–Crippen MR) is 68.5 cm³/mol. The number of hydrogen-bond donors (Lipinski definition) is 0. The average Bonchev–Trinajstić information content (AvgIpc) is 2.18. The summed E-state index contributed by atoms with van der Waals surface area (Å²) in [7, 11) is 3.57. The molecule has 1 rings (SSSR count). The van der Waals surface area contributed by atoms with Crippen LogP contribution in [0.15, 0.2) is 18.3 Å². The third-order valence-corrected chi connectivity index (χ3v) is 2.65. The highest BCUT2D eigenvalue weighted by atomic mass is 127. The van der Waals surface area contributed by atoms with Gasteiger partial charge in [0, 0.05) is 20.2 Å². The van der Waals surface area contributed by atoms with Crippen LogP contribution in [-0.4, -0.2) is 23.9 Å². The highest BCUT2D eigenvalue weighted by Gasteiger charge is 2.15. The Labute approximate surface area is 106 Å². The van der Waals surface area contributed by atoms with E-state index in [-0.39, 0.29) is 14.8 Å². The van der Waals surface area contributed by atoms with E-state index in [1.807, 2.05) is 0 Å². The summed E-state index contributed by atoms with van der Waals surface area (Å²) in [6.45, 7) is 0. The number of benzene rings is 1. The summed E-state index contributed by atoms with van der Waals surface area (Å²) in [5, 5.41) is 10.8. The molecule has 1 aromatic rings. The third-order valence-electron chi connectivity index (χ3n) is 1.82. The molecule has 0 amide bonds. The van der Waals surface area contributed by atoms with Crippen LogP contribution in [0, 0.1) is 19.5 Å². The standard InChI is InChI=1S/C10H10FIN2O2/c1-13(2)4-3-7-5-8(11)9(12)6-10(7)14(15)16/h3-6H,1-2H3/b4-3+. The molecule has 16 heavy (non-hydrogen) atoms. The summed E-state index contributed by atoms with van der Waals surface area (Å²) in [6, 6.07) is 2.39.